The van der Waals surface area contributed by atoms with Gasteiger partial charge in [-0.1, -0.05) is 54.1 Å². The summed E-state index contributed by atoms with van der Waals surface area (Å²) in [7, 11) is 4.30. The number of nitrogens with zero attached hydrogens (tertiary/aromatic N) is 3. The molecule has 5 rings (SSSR count). The van der Waals surface area contributed by atoms with Gasteiger partial charge in [0.05, 0.1) is 4.90 Å². The van der Waals surface area contributed by atoms with E-state index in [1.807, 2.05) is 49.3 Å². The van der Waals surface area contributed by atoms with Crippen LogP contribution in [0.25, 0.3) is 10.8 Å². The van der Waals surface area contributed by atoms with Gasteiger partial charge in [-0.15, -0.1) is 0 Å². The van der Waals surface area contributed by atoms with Crippen molar-refractivity contribution in [3.63, 3.8) is 0 Å². The molecule has 5 nitrogen and oxygen atoms in total. The van der Waals surface area contributed by atoms with Gasteiger partial charge in [-0.2, -0.15) is 0 Å². The second kappa shape index (κ2) is 9.23. The lowest BCUT2D eigenvalue weighted by Gasteiger charge is -2.44. The van der Waals surface area contributed by atoms with Crippen molar-refractivity contribution in [2.24, 2.45) is 5.92 Å². The van der Waals surface area contributed by atoms with Crippen molar-refractivity contribution >= 4 is 26.5 Å². The maximum absolute atomic E-state index is 14.0. The number of hydrogen-bond donors (Lipinski definition) is 0. The van der Waals surface area contributed by atoms with Crippen LogP contribution in [0.15, 0.2) is 65.6 Å². The molecule has 186 valence electrons. The number of sulfonamides is 1. The third-order valence-corrected chi connectivity index (χ3v) is 10.3. The van der Waals surface area contributed by atoms with E-state index in [9.17, 15) is 8.42 Å². The van der Waals surface area contributed by atoms with E-state index in [1.165, 1.54) is 17.5 Å². The molecule has 2 heterocycles. The Morgan fingerprint density at radius 1 is 0.914 bits per heavy atom. The third-order valence-electron chi connectivity index (χ3n) is 8.43. The number of fused-ring (bicyclic) bond motifs is 3. The molecule has 0 radical (unpaired) electrons. The molecule has 2 aliphatic heterocycles. The second-order valence-electron chi connectivity index (χ2n) is 10.7. The van der Waals surface area contributed by atoms with Crippen LogP contribution in [0.5, 0.6) is 0 Å². The fraction of sp³-hybridized carbons (Fsp3) is 0.448. The summed E-state index contributed by atoms with van der Waals surface area (Å²) in [5.41, 5.74) is 3.62. The zero-order chi connectivity index (χ0) is 24.9. The van der Waals surface area contributed by atoms with Gasteiger partial charge in [-0.25, -0.2) is 12.7 Å². The molecule has 2 saturated heterocycles. The molecule has 2 fully saturated rings. The maximum atomic E-state index is 14.0. The van der Waals surface area contributed by atoms with Crippen LogP contribution < -0.4 is 4.90 Å². The Kier molecular flexibility index (Phi) is 6.41. The largest absolute Gasteiger partial charge is 0.377 e. The van der Waals surface area contributed by atoms with Crippen molar-refractivity contribution in [1.82, 2.24) is 9.21 Å². The first-order valence-corrected chi connectivity index (χ1v) is 14.1. The normalized spacial score (nSPS) is 24.9. The molecule has 2 aliphatic rings. The van der Waals surface area contributed by atoms with Crippen molar-refractivity contribution in [1.29, 1.82) is 0 Å². The molecular weight excluding hydrogens is 454 g/mol. The SMILES string of the molecule is Cc1ccc(C2CC3CCC(C2CN(C)S(=O)(=O)c2cccc4c(N(C)C)cccc24)N3C)cc1. The van der Waals surface area contributed by atoms with Gasteiger partial charge in [0.2, 0.25) is 10.0 Å². The highest BCUT2D eigenvalue weighted by Gasteiger charge is 2.47. The molecule has 35 heavy (non-hydrogen) atoms. The van der Waals surface area contributed by atoms with Crippen LogP contribution in [0.4, 0.5) is 5.69 Å². The molecule has 0 saturated carbocycles. The van der Waals surface area contributed by atoms with Crippen LogP contribution in [-0.4, -0.2) is 64.4 Å². The van der Waals surface area contributed by atoms with E-state index >= 15 is 0 Å². The highest BCUT2D eigenvalue weighted by atomic mass is 32.2. The molecule has 4 unspecified atom stereocenters. The molecule has 0 spiro atoms. The average Bonchev–Trinajstić information content (AvgIpc) is 3.08. The molecular formula is C29H37N3O2S. The van der Waals surface area contributed by atoms with E-state index < -0.39 is 10.0 Å². The van der Waals surface area contributed by atoms with E-state index in [1.54, 1.807) is 17.4 Å². The summed E-state index contributed by atoms with van der Waals surface area (Å²) in [6.45, 7) is 2.64. The Hall–Kier alpha value is -2.41. The highest BCUT2D eigenvalue weighted by molar-refractivity contribution is 7.89. The average molecular weight is 492 g/mol. The van der Waals surface area contributed by atoms with Crippen LogP contribution >= 0.6 is 0 Å². The van der Waals surface area contributed by atoms with E-state index in [0.29, 0.717) is 29.4 Å². The first kappa shape index (κ1) is 24.3. The van der Waals surface area contributed by atoms with Crippen molar-refractivity contribution in [3.05, 3.63) is 71.8 Å². The van der Waals surface area contributed by atoms with Crippen molar-refractivity contribution < 1.29 is 8.42 Å². The first-order valence-electron chi connectivity index (χ1n) is 12.6. The van der Waals surface area contributed by atoms with Crippen molar-refractivity contribution in [2.75, 3.05) is 39.6 Å². The molecule has 0 aromatic heterocycles. The Morgan fingerprint density at radius 2 is 1.60 bits per heavy atom. The minimum absolute atomic E-state index is 0.258. The molecule has 0 N–H and O–H groups in total. The predicted molar refractivity (Wildman–Crippen MR) is 145 cm³/mol. The summed E-state index contributed by atoms with van der Waals surface area (Å²) in [4.78, 5) is 4.93. The third kappa shape index (κ3) is 4.26. The lowest BCUT2D eigenvalue weighted by Crippen LogP contribution is -2.50. The predicted octanol–water partition coefficient (Wildman–Crippen LogP) is 5.10. The topological polar surface area (TPSA) is 43.9 Å². The number of benzene rings is 3. The summed E-state index contributed by atoms with van der Waals surface area (Å²) >= 11 is 0. The van der Waals surface area contributed by atoms with Gasteiger partial charge in [0, 0.05) is 56.2 Å². The number of aryl methyl sites for hydroxylation is 1. The number of anilines is 1. The minimum atomic E-state index is -3.66. The van der Waals surface area contributed by atoms with E-state index in [-0.39, 0.29) is 5.92 Å². The Bertz CT molecular complexity index is 1320. The van der Waals surface area contributed by atoms with Gasteiger partial charge < -0.3 is 9.80 Å². The molecule has 4 atom stereocenters. The summed E-state index contributed by atoms with van der Waals surface area (Å²) in [5.74, 6) is 0.628. The van der Waals surface area contributed by atoms with Crippen molar-refractivity contribution in [3.8, 4) is 0 Å². The van der Waals surface area contributed by atoms with Gasteiger partial charge in [-0.05, 0) is 62.8 Å². The quantitative estimate of drug-likeness (QED) is 0.481. The smallest absolute Gasteiger partial charge is 0.243 e. The summed E-state index contributed by atoms with van der Waals surface area (Å²) in [6, 6.07) is 21.4. The Labute approximate surface area is 210 Å². The summed E-state index contributed by atoms with van der Waals surface area (Å²) in [5, 5.41) is 1.74. The van der Waals surface area contributed by atoms with Gasteiger partial charge in [0.1, 0.15) is 0 Å². The zero-order valence-corrected chi connectivity index (χ0v) is 22.3. The number of hydrogen-bond acceptors (Lipinski definition) is 4. The van der Waals surface area contributed by atoms with E-state index in [4.69, 9.17) is 0 Å². The zero-order valence-electron chi connectivity index (χ0n) is 21.5. The number of rotatable bonds is 6. The van der Waals surface area contributed by atoms with Crippen LogP contribution in [0.2, 0.25) is 0 Å². The monoisotopic (exact) mass is 491 g/mol. The summed E-state index contributed by atoms with van der Waals surface area (Å²) in [6.07, 6.45) is 3.44. The Morgan fingerprint density at radius 3 is 2.31 bits per heavy atom. The summed E-state index contributed by atoms with van der Waals surface area (Å²) < 4.78 is 29.6. The lowest BCUT2D eigenvalue weighted by atomic mass is 9.76. The number of piperidine rings is 1. The fourth-order valence-corrected chi connectivity index (χ4v) is 7.88. The van der Waals surface area contributed by atoms with Crippen LogP contribution in [0.1, 0.15) is 36.3 Å². The molecule has 2 bridgehead atoms. The van der Waals surface area contributed by atoms with Crippen molar-refractivity contribution in [2.45, 2.75) is 49.1 Å². The van der Waals surface area contributed by atoms with Gasteiger partial charge in [-0.3, -0.25) is 0 Å². The van der Waals surface area contributed by atoms with Gasteiger partial charge in [0.25, 0.3) is 0 Å². The second-order valence-corrected chi connectivity index (χ2v) is 12.7. The van der Waals surface area contributed by atoms with Crippen LogP contribution in [0.3, 0.4) is 0 Å². The molecule has 0 amide bonds. The fourth-order valence-electron chi connectivity index (χ4n) is 6.47. The molecule has 0 aliphatic carbocycles. The highest BCUT2D eigenvalue weighted by Crippen LogP contribution is 2.47. The minimum Gasteiger partial charge on any atom is -0.377 e. The van der Waals surface area contributed by atoms with E-state index in [0.717, 1.165) is 29.3 Å². The standard InChI is InChI=1S/C29H37N3O2S/c1-20-12-14-21(15-13-20)25-18-22-16-17-28(32(22)5)26(25)19-31(4)35(33,34)29-11-7-8-23-24(29)9-6-10-27(23)30(2)3/h6-15,22,25-26,28H,16-19H2,1-5H3. The molecule has 6 heteroatoms. The Balaban J connectivity index is 1.50. The van der Waals surface area contributed by atoms with Gasteiger partial charge in [0.15, 0.2) is 0 Å². The van der Waals surface area contributed by atoms with E-state index in [2.05, 4.69) is 43.1 Å². The van der Waals surface area contributed by atoms with Crippen LogP contribution in [0, 0.1) is 12.8 Å². The molecule has 3 aromatic rings. The maximum Gasteiger partial charge on any atom is 0.243 e. The lowest BCUT2D eigenvalue weighted by molar-refractivity contribution is 0.0901. The van der Waals surface area contributed by atoms with Gasteiger partial charge >= 0.3 is 0 Å². The first-order chi connectivity index (χ1) is 16.7. The van der Waals surface area contributed by atoms with Crippen LogP contribution in [-0.2, 0) is 10.0 Å². The molecule has 3 aromatic carbocycles.